The van der Waals surface area contributed by atoms with Gasteiger partial charge in [-0.05, 0) is 50.0 Å². The second-order valence-corrected chi connectivity index (χ2v) is 6.86. The quantitative estimate of drug-likeness (QED) is 0.722. The van der Waals surface area contributed by atoms with Gasteiger partial charge in [0.1, 0.15) is 0 Å². The highest BCUT2D eigenvalue weighted by atomic mass is 35.5. The van der Waals surface area contributed by atoms with Crippen LogP contribution in [0.2, 0.25) is 0 Å². The van der Waals surface area contributed by atoms with E-state index in [9.17, 15) is 8.42 Å². The Balaban J connectivity index is 0.00000361. The van der Waals surface area contributed by atoms with Crippen LogP contribution in [0.4, 0.5) is 0 Å². The number of halogens is 1. The van der Waals surface area contributed by atoms with E-state index < -0.39 is 10.0 Å². The second kappa shape index (κ2) is 9.34. The Labute approximate surface area is 128 Å². The van der Waals surface area contributed by atoms with E-state index in [2.05, 4.69) is 23.9 Å². The van der Waals surface area contributed by atoms with Gasteiger partial charge in [-0.15, -0.1) is 12.4 Å². The van der Waals surface area contributed by atoms with Crippen LogP contribution in [0.15, 0.2) is 29.2 Å². The van der Waals surface area contributed by atoms with Crippen LogP contribution in [-0.2, 0) is 16.4 Å². The zero-order valence-electron chi connectivity index (χ0n) is 12.3. The molecule has 1 aromatic rings. The molecule has 0 aliphatic rings. The van der Waals surface area contributed by atoms with Gasteiger partial charge in [0.2, 0.25) is 10.0 Å². The molecular formula is C14H25ClN2O2S. The van der Waals surface area contributed by atoms with Gasteiger partial charge in [-0.1, -0.05) is 26.0 Å². The Morgan fingerprint density at radius 2 is 1.70 bits per heavy atom. The lowest BCUT2D eigenvalue weighted by Crippen LogP contribution is -2.26. The molecule has 0 unspecified atom stereocenters. The van der Waals surface area contributed by atoms with E-state index in [1.165, 1.54) is 5.56 Å². The fourth-order valence-electron chi connectivity index (χ4n) is 1.83. The first kappa shape index (κ1) is 19.4. The molecular weight excluding hydrogens is 296 g/mol. The molecule has 1 aromatic carbocycles. The van der Waals surface area contributed by atoms with Crippen molar-refractivity contribution in [2.45, 2.75) is 31.6 Å². The summed E-state index contributed by atoms with van der Waals surface area (Å²) < 4.78 is 26.6. The number of nitrogens with one attached hydrogen (secondary N) is 2. The molecule has 4 nitrogen and oxygen atoms in total. The molecule has 0 saturated heterocycles. The van der Waals surface area contributed by atoms with E-state index in [4.69, 9.17) is 0 Å². The van der Waals surface area contributed by atoms with E-state index in [1.54, 1.807) is 12.1 Å². The van der Waals surface area contributed by atoms with Gasteiger partial charge in [0, 0.05) is 6.54 Å². The van der Waals surface area contributed by atoms with Crippen LogP contribution in [0.5, 0.6) is 0 Å². The predicted molar refractivity (Wildman–Crippen MR) is 86.0 cm³/mol. The molecule has 0 radical (unpaired) electrons. The van der Waals surface area contributed by atoms with E-state index in [1.807, 2.05) is 19.2 Å². The van der Waals surface area contributed by atoms with Gasteiger partial charge in [0.05, 0.1) is 4.90 Å². The minimum Gasteiger partial charge on any atom is -0.320 e. The Morgan fingerprint density at radius 3 is 2.20 bits per heavy atom. The first-order valence-electron chi connectivity index (χ1n) is 6.69. The summed E-state index contributed by atoms with van der Waals surface area (Å²) in [7, 11) is -1.51. The molecule has 0 spiro atoms. The van der Waals surface area contributed by atoms with Crippen molar-refractivity contribution in [3.63, 3.8) is 0 Å². The van der Waals surface area contributed by atoms with E-state index >= 15 is 0 Å². The Hall–Kier alpha value is -0.620. The second-order valence-electron chi connectivity index (χ2n) is 5.10. The molecule has 0 heterocycles. The SMILES string of the molecule is CNCCCNS(=O)(=O)c1ccc(CC(C)C)cc1.Cl. The molecule has 1 rings (SSSR count). The first-order valence-corrected chi connectivity index (χ1v) is 8.17. The van der Waals surface area contributed by atoms with Crippen LogP contribution in [-0.4, -0.2) is 28.6 Å². The smallest absolute Gasteiger partial charge is 0.240 e. The molecule has 0 atom stereocenters. The zero-order valence-corrected chi connectivity index (χ0v) is 14.0. The van der Waals surface area contributed by atoms with Gasteiger partial charge in [0.25, 0.3) is 0 Å². The number of sulfonamides is 1. The van der Waals surface area contributed by atoms with Gasteiger partial charge in [-0.2, -0.15) is 0 Å². The number of hydrogen-bond acceptors (Lipinski definition) is 3. The lowest BCUT2D eigenvalue weighted by Gasteiger charge is -2.08. The lowest BCUT2D eigenvalue weighted by molar-refractivity contribution is 0.577. The van der Waals surface area contributed by atoms with Crippen LogP contribution in [0.25, 0.3) is 0 Å². The van der Waals surface area contributed by atoms with Crippen molar-refractivity contribution in [3.8, 4) is 0 Å². The third-order valence-corrected chi connectivity index (χ3v) is 4.25. The third-order valence-electron chi connectivity index (χ3n) is 2.77. The summed E-state index contributed by atoms with van der Waals surface area (Å²) in [4.78, 5) is 0.337. The van der Waals surface area contributed by atoms with Gasteiger partial charge in [0.15, 0.2) is 0 Å². The van der Waals surface area contributed by atoms with Crippen LogP contribution < -0.4 is 10.0 Å². The fraction of sp³-hybridized carbons (Fsp3) is 0.571. The molecule has 0 aliphatic carbocycles. The molecule has 0 amide bonds. The molecule has 116 valence electrons. The van der Waals surface area contributed by atoms with Crippen molar-refractivity contribution in [3.05, 3.63) is 29.8 Å². The summed E-state index contributed by atoms with van der Waals surface area (Å²) >= 11 is 0. The normalized spacial score (nSPS) is 11.4. The zero-order chi connectivity index (χ0) is 14.3. The van der Waals surface area contributed by atoms with Crippen molar-refractivity contribution in [2.24, 2.45) is 5.92 Å². The molecule has 20 heavy (non-hydrogen) atoms. The molecule has 0 aromatic heterocycles. The standard InChI is InChI=1S/C14H24N2O2S.ClH/c1-12(2)11-13-5-7-14(8-6-13)19(17,18)16-10-4-9-15-3;/h5-8,12,15-16H,4,9-11H2,1-3H3;1H. The van der Waals surface area contributed by atoms with Crippen LogP contribution in [0.1, 0.15) is 25.8 Å². The van der Waals surface area contributed by atoms with Crippen molar-refractivity contribution in [2.75, 3.05) is 20.1 Å². The number of rotatable bonds is 8. The summed E-state index contributed by atoms with van der Waals surface area (Å²) in [6, 6.07) is 7.14. The maximum absolute atomic E-state index is 12.0. The Kier molecular flexibility index (Phi) is 9.05. The third kappa shape index (κ3) is 6.70. The van der Waals surface area contributed by atoms with E-state index in [0.29, 0.717) is 17.4 Å². The minimum atomic E-state index is -3.36. The minimum absolute atomic E-state index is 0. The highest BCUT2D eigenvalue weighted by molar-refractivity contribution is 7.89. The fourth-order valence-corrected chi connectivity index (χ4v) is 2.91. The van der Waals surface area contributed by atoms with Crippen LogP contribution in [0, 0.1) is 5.92 Å². The lowest BCUT2D eigenvalue weighted by atomic mass is 10.0. The Bertz CT molecular complexity index is 472. The first-order chi connectivity index (χ1) is 8.95. The van der Waals surface area contributed by atoms with Gasteiger partial charge < -0.3 is 5.32 Å². The van der Waals surface area contributed by atoms with Gasteiger partial charge in [-0.25, -0.2) is 13.1 Å². The van der Waals surface area contributed by atoms with E-state index in [-0.39, 0.29) is 12.4 Å². The van der Waals surface area contributed by atoms with Crippen LogP contribution in [0.3, 0.4) is 0 Å². The van der Waals surface area contributed by atoms with Crippen LogP contribution >= 0.6 is 12.4 Å². The predicted octanol–water partition coefficient (Wildman–Crippen LogP) is 2.19. The van der Waals surface area contributed by atoms with Crippen molar-refractivity contribution in [1.29, 1.82) is 0 Å². The molecule has 2 N–H and O–H groups in total. The Morgan fingerprint density at radius 1 is 1.10 bits per heavy atom. The van der Waals surface area contributed by atoms with Gasteiger partial charge in [-0.3, -0.25) is 0 Å². The number of benzene rings is 1. The summed E-state index contributed by atoms with van der Waals surface area (Å²) in [6.07, 6.45) is 1.75. The maximum atomic E-state index is 12.0. The highest BCUT2D eigenvalue weighted by Gasteiger charge is 2.12. The van der Waals surface area contributed by atoms with Crippen molar-refractivity contribution in [1.82, 2.24) is 10.0 Å². The maximum Gasteiger partial charge on any atom is 0.240 e. The summed E-state index contributed by atoms with van der Waals surface area (Å²) in [5.74, 6) is 0.571. The number of hydrogen-bond donors (Lipinski definition) is 2. The largest absolute Gasteiger partial charge is 0.320 e. The average molecular weight is 321 g/mol. The average Bonchev–Trinajstić information content (AvgIpc) is 2.35. The van der Waals surface area contributed by atoms with E-state index in [0.717, 1.165) is 19.4 Å². The molecule has 0 fully saturated rings. The topological polar surface area (TPSA) is 58.2 Å². The summed E-state index contributed by atoms with van der Waals surface area (Å²) in [5, 5.41) is 2.98. The highest BCUT2D eigenvalue weighted by Crippen LogP contribution is 2.13. The monoisotopic (exact) mass is 320 g/mol. The van der Waals surface area contributed by atoms with Gasteiger partial charge >= 0.3 is 0 Å². The summed E-state index contributed by atoms with van der Waals surface area (Å²) in [5.41, 5.74) is 1.17. The van der Waals surface area contributed by atoms with Crippen molar-refractivity contribution < 1.29 is 8.42 Å². The molecule has 0 bridgehead atoms. The molecule has 0 aliphatic heterocycles. The van der Waals surface area contributed by atoms with Crippen molar-refractivity contribution >= 4 is 22.4 Å². The summed E-state index contributed by atoms with van der Waals surface area (Å²) in [6.45, 7) is 5.55. The molecule has 6 heteroatoms. The molecule has 0 saturated carbocycles.